The van der Waals surface area contributed by atoms with Gasteiger partial charge in [-0.05, 0) is 17.5 Å². The molecule has 0 bridgehead atoms. The Kier molecular flexibility index (Phi) is 1.56. The van der Waals surface area contributed by atoms with Crippen LogP contribution >= 0.6 is 0 Å². The normalized spacial score (nSPS) is 11.5. The molecule has 3 heteroatoms. The van der Waals surface area contributed by atoms with E-state index in [1.54, 1.807) is 0 Å². The average Bonchev–Trinajstić information content (AvgIpc) is 2.72. The van der Waals surface area contributed by atoms with E-state index in [2.05, 4.69) is 27.1 Å². The Hall–Kier alpha value is -2.42. The lowest BCUT2D eigenvalue weighted by molar-refractivity contribution is 1.33. The topological polar surface area (TPSA) is 41.6 Å². The van der Waals surface area contributed by atoms with Crippen LogP contribution in [0.1, 0.15) is 0 Å². The Morgan fingerprint density at radius 3 is 2.76 bits per heavy atom. The number of hydrogen-bond donors (Lipinski definition) is 1. The molecule has 4 rings (SSSR count). The van der Waals surface area contributed by atoms with Crippen molar-refractivity contribution >= 4 is 32.7 Å². The van der Waals surface area contributed by atoms with Crippen molar-refractivity contribution in [1.82, 2.24) is 15.0 Å². The van der Waals surface area contributed by atoms with Crippen LogP contribution in [0.5, 0.6) is 0 Å². The number of aromatic amines is 1. The van der Waals surface area contributed by atoms with Gasteiger partial charge < -0.3 is 4.98 Å². The summed E-state index contributed by atoms with van der Waals surface area (Å²) in [6, 6.07) is 10.3. The second-order valence-electron chi connectivity index (χ2n) is 4.10. The van der Waals surface area contributed by atoms with Crippen molar-refractivity contribution in [2.45, 2.75) is 0 Å². The minimum atomic E-state index is 0.917. The minimum Gasteiger partial charge on any atom is -0.346 e. The maximum atomic E-state index is 4.52. The molecule has 0 fully saturated rings. The summed E-state index contributed by atoms with van der Waals surface area (Å²) in [5.41, 5.74) is 1.93. The smallest absolute Gasteiger partial charge is 0.138 e. The number of nitrogens with zero attached hydrogens (tertiary/aromatic N) is 2. The lowest BCUT2D eigenvalue weighted by Crippen LogP contribution is -1.76. The van der Waals surface area contributed by atoms with Crippen LogP contribution in [0.15, 0.2) is 48.9 Å². The maximum Gasteiger partial charge on any atom is 0.138 e. The first-order valence-corrected chi connectivity index (χ1v) is 5.53. The highest BCUT2D eigenvalue weighted by atomic mass is 14.8. The van der Waals surface area contributed by atoms with Gasteiger partial charge >= 0.3 is 0 Å². The molecule has 4 aromatic rings. The summed E-state index contributed by atoms with van der Waals surface area (Å²) in [7, 11) is 0. The standard InChI is InChI=1S/C14H9N3/c1-2-4-12-10(3-1)11-5-6-15-14-13(11)9(7-16-12)8-17-14/h1-8H,(H,15,17). The fraction of sp³-hybridized carbons (Fsp3) is 0. The fourth-order valence-corrected chi connectivity index (χ4v) is 2.36. The molecule has 0 spiro atoms. The maximum absolute atomic E-state index is 4.52. The number of nitrogens with one attached hydrogen (secondary N) is 1. The van der Waals surface area contributed by atoms with Gasteiger partial charge in [-0.2, -0.15) is 0 Å². The predicted octanol–water partition coefficient (Wildman–Crippen LogP) is 3.26. The molecule has 0 aliphatic carbocycles. The van der Waals surface area contributed by atoms with Gasteiger partial charge in [-0.3, -0.25) is 4.98 Å². The molecule has 0 atom stereocenters. The van der Waals surface area contributed by atoms with Crippen LogP contribution in [-0.2, 0) is 0 Å². The number of hydrogen-bond acceptors (Lipinski definition) is 2. The van der Waals surface area contributed by atoms with E-state index in [9.17, 15) is 0 Å². The van der Waals surface area contributed by atoms with E-state index in [0.29, 0.717) is 0 Å². The van der Waals surface area contributed by atoms with Gasteiger partial charge in [0.05, 0.1) is 5.52 Å². The van der Waals surface area contributed by atoms with Gasteiger partial charge in [0.1, 0.15) is 5.65 Å². The molecular formula is C14H9N3. The summed E-state index contributed by atoms with van der Waals surface area (Å²) in [5.74, 6) is 0. The highest BCUT2D eigenvalue weighted by Crippen LogP contribution is 2.28. The zero-order chi connectivity index (χ0) is 11.2. The zero-order valence-electron chi connectivity index (χ0n) is 9.01. The van der Waals surface area contributed by atoms with Gasteiger partial charge in [0, 0.05) is 34.7 Å². The summed E-state index contributed by atoms with van der Waals surface area (Å²) in [5, 5.41) is 4.58. The number of H-pyrrole nitrogens is 1. The van der Waals surface area contributed by atoms with Crippen molar-refractivity contribution < 1.29 is 0 Å². The molecule has 0 aliphatic rings. The Labute approximate surface area is 97.1 Å². The van der Waals surface area contributed by atoms with Crippen molar-refractivity contribution in [1.29, 1.82) is 0 Å². The van der Waals surface area contributed by atoms with Crippen molar-refractivity contribution in [2.75, 3.05) is 0 Å². The van der Waals surface area contributed by atoms with Crippen molar-refractivity contribution in [2.24, 2.45) is 0 Å². The summed E-state index contributed by atoms with van der Waals surface area (Å²) in [6.07, 6.45) is 5.68. The number of benzene rings is 1. The fourth-order valence-electron chi connectivity index (χ4n) is 2.36. The van der Waals surface area contributed by atoms with Crippen molar-refractivity contribution in [3.63, 3.8) is 0 Å². The van der Waals surface area contributed by atoms with Crippen LogP contribution in [-0.4, -0.2) is 15.0 Å². The second-order valence-corrected chi connectivity index (χ2v) is 4.10. The van der Waals surface area contributed by atoms with Crippen LogP contribution in [0.2, 0.25) is 0 Å². The van der Waals surface area contributed by atoms with Crippen molar-refractivity contribution in [3.8, 4) is 0 Å². The number of para-hydroxylation sites is 1. The molecule has 0 saturated carbocycles. The van der Waals surface area contributed by atoms with Gasteiger partial charge in [0.2, 0.25) is 0 Å². The minimum absolute atomic E-state index is 0.917. The number of rotatable bonds is 0. The highest BCUT2D eigenvalue weighted by molar-refractivity contribution is 6.16. The highest BCUT2D eigenvalue weighted by Gasteiger charge is 2.06. The molecule has 1 N–H and O–H groups in total. The number of fused-ring (bicyclic) bond motifs is 2. The lowest BCUT2D eigenvalue weighted by atomic mass is 10.1. The van der Waals surface area contributed by atoms with E-state index in [4.69, 9.17) is 0 Å². The largest absolute Gasteiger partial charge is 0.346 e. The van der Waals surface area contributed by atoms with E-state index in [1.807, 2.05) is 36.8 Å². The monoisotopic (exact) mass is 219 g/mol. The van der Waals surface area contributed by atoms with Crippen LogP contribution in [0, 0.1) is 0 Å². The van der Waals surface area contributed by atoms with Gasteiger partial charge in [-0.15, -0.1) is 0 Å². The molecule has 3 heterocycles. The molecule has 0 unspecified atom stereocenters. The molecule has 0 saturated heterocycles. The van der Waals surface area contributed by atoms with Crippen LogP contribution in [0.25, 0.3) is 32.7 Å². The van der Waals surface area contributed by atoms with Crippen LogP contribution in [0.3, 0.4) is 0 Å². The van der Waals surface area contributed by atoms with E-state index in [1.165, 1.54) is 5.39 Å². The number of aromatic nitrogens is 3. The molecule has 0 aliphatic heterocycles. The predicted molar refractivity (Wildman–Crippen MR) is 68.9 cm³/mol. The van der Waals surface area contributed by atoms with Crippen molar-refractivity contribution in [3.05, 3.63) is 48.9 Å². The first-order valence-electron chi connectivity index (χ1n) is 5.53. The third-order valence-electron chi connectivity index (χ3n) is 3.13. The summed E-state index contributed by atoms with van der Waals surface area (Å²) >= 11 is 0. The summed E-state index contributed by atoms with van der Waals surface area (Å²) in [4.78, 5) is 12.0. The van der Waals surface area contributed by atoms with Gasteiger partial charge in [0.25, 0.3) is 0 Å². The van der Waals surface area contributed by atoms with E-state index in [-0.39, 0.29) is 0 Å². The van der Waals surface area contributed by atoms with Gasteiger partial charge in [-0.25, -0.2) is 4.98 Å². The summed E-state index contributed by atoms with van der Waals surface area (Å²) in [6.45, 7) is 0. The Morgan fingerprint density at radius 2 is 1.76 bits per heavy atom. The Bertz CT molecular complexity index is 840. The van der Waals surface area contributed by atoms with Gasteiger partial charge in [0.15, 0.2) is 0 Å². The van der Waals surface area contributed by atoms with Crippen LogP contribution in [0.4, 0.5) is 0 Å². The quantitative estimate of drug-likeness (QED) is 0.493. The summed E-state index contributed by atoms with van der Waals surface area (Å²) < 4.78 is 0. The van der Waals surface area contributed by atoms with E-state index in [0.717, 1.165) is 27.3 Å². The molecule has 0 amide bonds. The Balaban J connectivity index is 2.47. The molecule has 3 nitrogen and oxygen atoms in total. The number of pyridine rings is 1. The Morgan fingerprint density at radius 1 is 0.882 bits per heavy atom. The van der Waals surface area contributed by atoms with Crippen LogP contribution < -0.4 is 0 Å². The SMILES string of the molecule is c1ccc2c(c1)ncc1cnc3[nH]ccc2c13. The van der Waals surface area contributed by atoms with E-state index >= 15 is 0 Å². The molecule has 0 radical (unpaired) electrons. The molecule has 1 aromatic carbocycles. The lowest BCUT2D eigenvalue weighted by Gasteiger charge is -1.96. The first kappa shape index (κ1) is 8.70. The molecule has 3 aromatic heterocycles. The van der Waals surface area contributed by atoms with Gasteiger partial charge in [-0.1, -0.05) is 18.2 Å². The zero-order valence-corrected chi connectivity index (χ0v) is 9.01. The third-order valence-corrected chi connectivity index (χ3v) is 3.13. The molecule has 80 valence electrons. The average molecular weight is 219 g/mol. The first-order chi connectivity index (χ1) is 8.43. The second kappa shape index (κ2) is 3.04. The third kappa shape index (κ3) is 1.11. The molecule has 17 heavy (non-hydrogen) atoms. The molecular weight excluding hydrogens is 210 g/mol. The van der Waals surface area contributed by atoms with E-state index < -0.39 is 0 Å².